The molecule has 40 heavy (non-hydrogen) atoms. The number of aromatic nitrogens is 5. The van der Waals surface area contributed by atoms with Gasteiger partial charge in [-0.25, -0.2) is 15.0 Å². The lowest BCUT2D eigenvalue weighted by Gasteiger charge is -2.26. The van der Waals surface area contributed by atoms with Gasteiger partial charge in [-0.3, -0.25) is 9.88 Å². The standard InChI is InChI=1S/C30H37ClN8O/c1-21-7-9-33-23(17-21)19-39-29(37-27-28(35-20-36-30(27)39)34-10-8-22-3-2-4-22)25-6-5-24(18-26(25)31)40-16-15-38-13-11-32-12-14-38/h5-7,9,17-18,20,22,32H,2-4,8,10-16,19H2,1H3,(H,34,35,36). The number of halogens is 1. The lowest BCUT2D eigenvalue weighted by atomic mass is 9.83. The van der Waals surface area contributed by atoms with Crippen molar-refractivity contribution in [1.29, 1.82) is 0 Å². The van der Waals surface area contributed by atoms with Crippen LogP contribution < -0.4 is 15.4 Å². The molecular formula is C30H37ClN8O. The molecule has 0 radical (unpaired) electrons. The number of aryl methyl sites for hydroxylation is 1. The smallest absolute Gasteiger partial charge is 0.166 e. The van der Waals surface area contributed by atoms with Crippen molar-refractivity contribution in [3.63, 3.8) is 0 Å². The van der Waals surface area contributed by atoms with Crippen molar-refractivity contribution in [2.24, 2.45) is 5.92 Å². The SMILES string of the molecule is Cc1ccnc(Cn2c(-c3ccc(OCCN4CCNCC4)cc3Cl)nc3c(NCCC4CCC4)ncnc32)c1. The van der Waals surface area contributed by atoms with Gasteiger partial charge in [-0.05, 0) is 55.2 Å². The van der Waals surface area contributed by atoms with Gasteiger partial charge >= 0.3 is 0 Å². The number of piperazine rings is 1. The third kappa shape index (κ3) is 6.22. The molecule has 9 nitrogen and oxygen atoms in total. The van der Waals surface area contributed by atoms with Crippen LogP contribution in [0.1, 0.15) is 36.9 Å². The number of hydrogen-bond acceptors (Lipinski definition) is 8. The first-order valence-electron chi connectivity index (χ1n) is 14.4. The molecule has 0 spiro atoms. The Bertz CT molecular complexity index is 1450. The molecule has 3 aromatic heterocycles. The van der Waals surface area contributed by atoms with Crippen molar-refractivity contribution >= 4 is 28.6 Å². The van der Waals surface area contributed by atoms with E-state index >= 15 is 0 Å². The first-order chi connectivity index (χ1) is 19.6. The van der Waals surface area contributed by atoms with E-state index in [9.17, 15) is 0 Å². The van der Waals surface area contributed by atoms with Crippen LogP contribution in [0.5, 0.6) is 5.75 Å². The summed E-state index contributed by atoms with van der Waals surface area (Å²) in [5.74, 6) is 3.07. The summed E-state index contributed by atoms with van der Waals surface area (Å²) in [6.07, 6.45) is 8.61. The molecule has 2 aliphatic rings. The Labute approximate surface area is 240 Å². The lowest BCUT2D eigenvalue weighted by Crippen LogP contribution is -2.44. The van der Waals surface area contributed by atoms with E-state index in [-0.39, 0.29) is 0 Å². The topological polar surface area (TPSA) is 93.0 Å². The van der Waals surface area contributed by atoms with E-state index < -0.39 is 0 Å². The average molecular weight is 561 g/mol. The van der Waals surface area contributed by atoms with Crippen LogP contribution in [0.3, 0.4) is 0 Å². The molecule has 1 saturated heterocycles. The fourth-order valence-corrected chi connectivity index (χ4v) is 5.69. The highest BCUT2D eigenvalue weighted by atomic mass is 35.5. The van der Waals surface area contributed by atoms with Crippen LogP contribution in [0, 0.1) is 12.8 Å². The Hall–Kier alpha value is -3.27. The molecule has 0 amide bonds. The van der Waals surface area contributed by atoms with Gasteiger partial charge in [-0.15, -0.1) is 0 Å². The number of imidazole rings is 1. The lowest BCUT2D eigenvalue weighted by molar-refractivity contribution is 0.191. The summed E-state index contributed by atoms with van der Waals surface area (Å²) in [5, 5.41) is 7.49. The number of rotatable bonds is 11. The second-order valence-electron chi connectivity index (χ2n) is 10.8. The highest BCUT2D eigenvalue weighted by Gasteiger charge is 2.21. The van der Waals surface area contributed by atoms with E-state index in [0.717, 1.165) is 97.0 Å². The molecule has 1 aromatic carbocycles. The van der Waals surface area contributed by atoms with Gasteiger partial charge in [0.1, 0.15) is 24.5 Å². The van der Waals surface area contributed by atoms with Crippen LogP contribution in [0.25, 0.3) is 22.6 Å². The predicted molar refractivity (Wildman–Crippen MR) is 159 cm³/mol. The minimum Gasteiger partial charge on any atom is -0.492 e. The quantitative estimate of drug-likeness (QED) is 0.271. The number of nitrogens with one attached hydrogen (secondary N) is 2. The number of anilines is 1. The summed E-state index contributed by atoms with van der Waals surface area (Å²) < 4.78 is 8.14. The van der Waals surface area contributed by atoms with E-state index in [1.165, 1.54) is 19.3 Å². The van der Waals surface area contributed by atoms with Crippen molar-refractivity contribution in [3.05, 3.63) is 59.1 Å². The van der Waals surface area contributed by atoms with E-state index in [1.807, 2.05) is 30.5 Å². The maximum Gasteiger partial charge on any atom is 0.166 e. The largest absolute Gasteiger partial charge is 0.492 e. The summed E-state index contributed by atoms with van der Waals surface area (Å²) in [4.78, 5) is 21.3. The molecule has 1 aliphatic carbocycles. The molecule has 6 rings (SSSR count). The summed E-state index contributed by atoms with van der Waals surface area (Å²) >= 11 is 6.88. The van der Waals surface area contributed by atoms with Crippen molar-refractivity contribution in [2.75, 3.05) is 51.2 Å². The maximum absolute atomic E-state index is 6.88. The summed E-state index contributed by atoms with van der Waals surface area (Å²) in [6, 6.07) is 9.93. The minimum atomic E-state index is 0.519. The van der Waals surface area contributed by atoms with Gasteiger partial charge in [-0.2, -0.15) is 0 Å². The van der Waals surface area contributed by atoms with E-state index in [4.69, 9.17) is 21.3 Å². The van der Waals surface area contributed by atoms with Gasteiger partial charge < -0.3 is 19.9 Å². The number of hydrogen-bond donors (Lipinski definition) is 2. The van der Waals surface area contributed by atoms with Crippen LogP contribution in [0.15, 0.2) is 42.9 Å². The second kappa shape index (κ2) is 12.5. The molecule has 1 saturated carbocycles. The number of fused-ring (bicyclic) bond motifs is 1. The Balaban J connectivity index is 1.28. The third-order valence-corrected chi connectivity index (χ3v) is 8.27. The molecule has 4 heterocycles. The zero-order valence-electron chi connectivity index (χ0n) is 23.1. The summed E-state index contributed by atoms with van der Waals surface area (Å²) in [5.41, 5.74) is 4.41. The molecule has 2 fully saturated rings. The monoisotopic (exact) mass is 560 g/mol. The fraction of sp³-hybridized carbons (Fsp3) is 0.467. The Kier molecular flexibility index (Phi) is 8.41. The zero-order chi connectivity index (χ0) is 27.3. The molecule has 0 bridgehead atoms. The zero-order valence-corrected chi connectivity index (χ0v) is 23.8. The van der Waals surface area contributed by atoms with Crippen LogP contribution >= 0.6 is 11.6 Å². The minimum absolute atomic E-state index is 0.519. The normalized spacial score (nSPS) is 16.2. The predicted octanol–water partition coefficient (Wildman–Crippen LogP) is 4.78. The van der Waals surface area contributed by atoms with Gasteiger partial charge in [0.15, 0.2) is 17.0 Å². The van der Waals surface area contributed by atoms with Crippen molar-refractivity contribution in [1.82, 2.24) is 34.7 Å². The van der Waals surface area contributed by atoms with Gasteiger partial charge in [0.2, 0.25) is 0 Å². The van der Waals surface area contributed by atoms with Gasteiger partial charge in [-0.1, -0.05) is 30.9 Å². The van der Waals surface area contributed by atoms with Crippen LogP contribution in [0.4, 0.5) is 5.82 Å². The first kappa shape index (κ1) is 26.9. The van der Waals surface area contributed by atoms with Crippen molar-refractivity contribution in [2.45, 2.75) is 39.2 Å². The molecule has 0 atom stereocenters. The molecule has 10 heteroatoms. The maximum atomic E-state index is 6.88. The van der Waals surface area contributed by atoms with E-state index in [2.05, 4.69) is 48.0 Å². The molecule has 4 aromatic rings. The molecule has 0 unspecified atom stereocenters. The second-order valence-corrected chi connectivity index (χ2v) is 11.2. The number of nitrogens with zero attached hydrogens (tertiary/aromatic N) is 6. The third-order valence-electron chi connectivity index (χ3n) is 7.96. The average Bonchev–Trinajstić information content (AvgIpc) is 3.29. The van der Waals surface area contributed by atoms with Crippen LogP contribution in [-0.2, 0) is 6.54 Å². The molecule has 2 N–H and O–H groups in total. The van der Waals surface area contributed by atoms with Gasteiger partial charge in [0.25, 0.3) is 0 Å². The van der Waals surface area contributed by atoms with Crippen LogP contribution in [-0.4, -0.2) is 75.3 Å². The van der Waals surface area contributed by atoms with Gasteiger partial charge in [0, 0.05) is 51.0 Å². The summed E-state index contributed by atoms with van der Waals surface area (Å²) in [7, 11) is 0. The molecule has 1 aliphatic heterocycles. The Morgan fingerprint density at radius 1 is 1.10 bits per heavy atom. The summed E-state index contributed by atoms with van der Waals surface area (Å²) in [6.45, 7) is 9.15. The first-order valence-corrected chi connectivity index (χ1v) is 14.7. The van der Waals surface area contributed by atoms with Crippen LogP contribution in [0.2, 0.25) is 5.02 Å². The Morgan fingerprint density at radius 2 is 1.98 bits per heavy atom. The molecular weight excluding hydrogens is 524 g/mol. The Morgan fingerprint density at radius 3 is 2.75 bits per heavy atom. The number of pyridine rings is 1. The highest BCUT2D eigenvalue weighted by molar-refractivity contribution is 6.33. The van der Waals surface area contributed by atoms with Gasteiger partial charge in [0.05, 0.1) is 17.3 Å². The number of ether oxygens (including phenoxy) is 1. The van der Waals surface area contributed by atoms with E-state index in [0.29, 0.717) is 18.2 Å². The fourth-order valence-electron chi connectivity index (χ4n) is 5.44. The van der Waals surface area contributed by atoms with Crippen molar-refractivity contribution < 1.29 is 4.74 Å². The van der Waals surface area contributed by atoms with E-state index in [1.54, 1.807) is 6.33 Å². The van der Waals surface area contributed by atoms with Crippen molar-refractivity contribution in [3.8, 4) is 17.1 Å². The highest BCUT2D eigenvalue weighted by Crippen LogP contribution is 2.34. The molecule has 210 valence electrons. The number of benzene rings is 1.